The van der Waals surface area contributed by atoms with Crippen LogP contribution in [-0.2, 0) is 19.1 Å². The van der Waals surface area contributed by atoms with Crippen LogP contribution in [0.4, 0.5) is 4.79 Å². The van der Waals surface area contributed by atoms with Crippen molar-refractivity contribution in [1.29, 1.82) is 5.26 Å². The zero-order valence-corrected chi connectivity index (χ0v) is 12.7. The zero-order chi connectivity index (χ0) is 16.5. The maximum absolute atomic E-state index is 11.8. The average molecular weight is 299 g/mol. The highest BCUT2D eigenvalue weighted by Crippen LogP contribution is 2.07. The van der Waals surface area contributed by atoms with E-state index in [1.54, 1.807) is 33.8 Å². The first kappa shape index (κ1) is 18.7. The molecule has 21 heavy (non-hydrogen) atoms. The van der Waals surface area contributed by atoms with Crippen LogP contribution in [0.1, 0.15) is 34.1 Å². The number of nitrogens with one attached hydrogen (secondary N) is 2. The SMILES string of the molecule is CCOC(=O)CNC(=O)[C@H](CC#N)NC(=O)OC(C)(C)C. The van der Waals surface area contributed by atoms with E-state index >= 15 is 0 Å². The Labute approximate surface area is 123 Å². The molecular formula is C13H21N3O5. The number of hydrogen-bond acceptors (Lipinski definition) is 6. The number of esters is 1. The fraction of sp³-hybridized carbons (Fsp3) is 0.692. The van der Waals surface area contributed by atoms with E-state index in [0.29, 0.717) is 0 Å². The van der Waals surface area contributed by atoms with E-state index in [2.05, 4.69) is 15.4 Å². The van der Waals surface area contributed by atoms with Crippen LogP contribution in [0.2, 0.25) is 0 Å². The van der Waals surface area contributed by atoms with Gasteiger partial charge in [0.25, 0.3) is 0 Å². The van der Waals surface area contributed by atoms with Crippen LogP contribution < -0.4 is 10.6 Å². The third-order valence-corrected chi connectivity index (χ3v) is 2.02. The minimum atomic E-state index is -1.10. The third kappa shape index (κ3) is 9.27. The summed E-state index contributed by atoms with van der Waals surface area (Å²) in [7, 11) is 0. The molecule has 0 spiro atoms. The Bertz CT molecular complexity index is 423. The fourth-order valence-corrected chi connectivity index (χ4v) is 1.24. The van der Waals surface area contributed by atoms with Gasteiger partial charge in [0.15, 0.2) is 0 Å². The summed E-state index contributed by atoms with van der Waals surface area (Å²) < 4.78 is 9.65. The number of carbonyl (C=O) groups is 3. The first-order valence-electron chi connectivity index (χ1n) is 6.49. The van der Waals surface area contributed by atoms with Gasteiger partial charge in [0.2, 0.25) is 5.91 Å². The summed E-state index contributed by atoms with van der Waals surface area (Å²) in [4.78, 5) is 34.5. The second-order valence-electron chi connectivity index (χ2n) is 5.08. The molecule has 2 amide bonds. The number of alkyl carbamates (subject to hydrolysis) is 1. The maximum Gasteiger partial charge on any atom is 0.408 e. The van der Waals surface area contributed by atoms with Crippen LogP contribution in [0, 0.1) is 11.3 Å². The smallest absolute Gasteiger partial charge is 0.408 e. The molecule has 118 valence electrons. The molecule has 0 bridgehead atoms. The predicted molar refractivity (Wildman–Crippen MR) is 73.0 cm³/mol. The summed E-state index contributed by atoms with van der Waals surface area (Å²) in [6.45, 7) is 6.53. The van der Waals surface area contributed by atoms with Crippen LogP contribution >= 0.6 is 0 Å². The van der Waals surface area contributed by atoms with E-state index in [-0.39, 0.29) is 19.6 Å². The minimum absolute atomic E-state index is 0.201. The summed E-state index contributed by atoms with van der Waals surface area (Å²) in [5.74, 6) is -1.26. The normalized spacial score (nSPS) is 11.8. The van der Waals surface area contributed by atoms with Gasteiger partial charge in [-0.15, -0.1) is 0 Å². The number of carbonyl (C=O) groups excluding carboxylic acids is 3. The highest BCUT2D eigenvalue weighted by atomic mass is 16.6. The van der Waals surface area contributed by atoms with Gasteiger partial charge in [0.05, 0.1) is 19.1 Å². The summed E-state index contributed by atoms with van der Waals surface area (Å²) in [6.07, 6.45) is -1.05. The van der Waals surface area contributed by atoms with Gasteiger partial charge in [-0.2, -0.15) is 5.26 Å². The minimum Gasteiger partial charge on any atom is -0.465 e. The Balaban J connectivity index is 4.47. The third-order valence-electron chi connectivity index (χ3n) is 2.02. The van der Waals surface area contributed by atoms with Crippen molar-refractivity contribution < 1.29 is 23.9 Å². The van der Waals surface area contributed by atoms with Crippen molar-refractivity contribution in [3.05, 3.63) is 0 Å². The fourth-order valence-electron chi connectivity index (χ4n) is 1.24. The molecule has 0 aliphatic heterocycles. The topological polar surface area (TPSA) is 118 Å². The molecule has 8 heteroatoms. The predicted octanol–water partition coefficient (Wildman–Crippen LogP) is 0.473. The lowest BCUT2D eigenvalue weighted by atomic mass is 10.2. The van der Waals surface area contributed by atoms with Gasteiger partial charge < -0.3 is 20.1 Å². The van der Waals surface area contributed by atoms with E-state index in [1.165, 1.54) is 0 Å². The van der Waals surface area contributed by atoms with Crippen LogP contribution in [-0.4, -0.2) is 42.8 Å². The van der Waals surface area contributed by atoms with Crippen molar-refractivity contribution in [3.8, 4) is 6.07 Å². The lowest BCUT2D eigenvalue weighted by Gasteiger charge is -2.22. The molecular weight excluding hydrogens is 278 g/mol. The lowest BCUT2D eigenvalue weighted by molar-refractivity contribution is -0.143. The Kier molecular flexibility index (Phi) is 7.83. The van der Waals surface area contributed by atoms with Crippen molar-refractivity contribution >= 4 is 18.0 Å². The summed E-state index contributed by atoms with van der Waals surface area (Å²) in [6, 6.07) is 0.685. The number of nitriles is 1. The Morgan fingerprint density at radius 3 is 2.38 bits per heavy atom. The Morgan fingerprint density at radius 1 is 1.29 bits per heavy atom. The Morgan fingerprint density at radius 2 is 1.90 bits per heavy atom. The monoisotopic (exact) mass is 299 g/mol. The number of ether oxygens (including phenoxy) is 2. The van der Waals surface area contributed by atoms with Gasteiger partial charge >= 0.3 is 12.1 Å². The molecule has 0 unspecified atom stereocenters. The molecule has 1 atom stereocenters. The highest BCUT2D eigenvalue weighted by molar-refractivity contribution is 5.88. The number of nitrogens with zero attached hydrogens (tertiary/aromatic N) is 1. The van der Waals surface area contributed by atoms with E-state index in [1.807, 2.05) is 0 Å². The Hall–Kier alpha value is -2.30. The molecule has 0 rings (SSSR count). The molecule has 0 aliphatic carbocycles. The van der Waals surface area contributed by atoms with E-state index in [0.717, 1.165) is 0 Å². The van der Waals surface area contributed by atoms with Gasteiger partial charge in [-0.25, -0.2) is 4.79 Å². The first-order chi connectivity index (χ1) is 9.69. The average Bonchev–Trinajstić information content (AvgIpc) is 2.33. The van der Waals surface area contributed by atoms with Crippen LogP contribution in [0.5, 0.6) is 0 Å². The molecule has 0 radical (unpaired) electrons. The zero-order valence-electron chi connectivity index (χ0n) is 12.7. The first-order valence-corrected chi connectivity index (χ1v) is 6.49. The quantitative estimate of drug-likeness (QED) is 0.688. The molecule has 0 saturated heterocycles. The summed E-state index contributed by atoms with van der Waals surface area (Å²) in [5.41, 5.74) is -0.720. The van der Waals surface area contributed by atoms with Crippen molar-refractivity contribution in [1.82, 2.24) is 10.6 Å². The van der Waals surface area contributed by atoms with Gasteiger partial charge in [-0.3, -0.25) is 9.59 Å². The summed E-state index contributed by atoms with van der Waals surface area (Å²) >= 11 is 0. The number of rotatable bonds is 6. The molecule has 0 aromatic carbocycles. The molecule has 0 saturated carbocycles. The maximum atomic E-state index is 11.8. The van der Waals surface area contributed by atoms with Crippen molar-refractivity contribution in [2.75, 3.05) is 13.2 Å². The molecule has 0 fully saturated rings. The van der Waals surface area contributed by atoms with Crippen molar-refractivity contribution in [3.63, 3.8) is 0 Å². The van der Waals surface area contributed by atoms with E-state index < -0.39 is 29.6 Å². The van der Waals surface area contributed by atoms with E-state index in [9.17, 15) is 14.4 Å². The molecule has 0 aromatic rings. The second-order valence-corrected chi connectivity index (χ2v) is 5.08. The lowest BCUT2D eigenvalue weighted by Crippen LogP contribution is -2.49. The molecule has 0 aliphatic rings. The molecule has 2 N–H and O–H groups in total. The largest absolute Gasteiger partial charge is 0.465 e. The van der Waals surface area contributed by atoms with Gasteiger partial charge in [0.1, 0.15) is 18.2 Å². The van der Waals surface area contributed by atoms with Crippen molar-refractivity contribution in [2.24, 2.45) is 0 Å². The second kappa shape index (κ2) is 8.79. The molecule has 0 aromatic heterocycles. The molecule has 8 nitrogen and oxygen atoms in total. The van der Waals surface area contributed by atoms with Gasteiger partial charge in [0, 0.05) is 0 Å². The van der Waals surface area contributed by atoms with E-state index in [4.69, 9.17) is 10.00 Å². The van der Waals surface area contributed by atoms with Crippen LogP contribution in [0.15, 0.2) is 0 Å². The molecule has 0 heterocycles. The number of hydrogen-bond donors (Lipinski definition) is 2. The van der Waals surface area contributed by atoms with Crippen molar-refractivity contribution in [2.45, 2.75) is 45.8 Å². The summed E-state index contributed by atoms with van der Waals surface area (Å²) in [5, 5.41) is 13.2. The standard InChI is InChI=1S/C13H21N3O5/c1-5-20-10(17)8-15-11(18)9(6-7-14)16-12(19)21-13(2,3)4/h9H,5-6,8H2,1-4H3,(H,15,18)(H,16,19)/t9-/m0/s1. The van der Waals surface area contributed by atoms with Crippen LogP contribution in [0.25, 0.3) is 0 Å². The van der Waals surface area contributed by atoms with Crippen LogP contribution in [0.3, 0.4) is 0 Å². The number of amides is 2. The van der Waals surface area contributed by atoms with Gasteiger partial charge in [-0.1, -0.05) is 0 Å². The highest BCUT2D eigenvalue weighted by Gasteiger charge is 2.24. The van der Waals surface area contributed by atoms with Gasteiger partial charge in [-0.05, 0) is 27.7 Å².